The molecule has 2 rings (SSSR count). The van der Waals surface area contributed by atoms with Gasteiger partial charge in [0.15, 0.2) is 0 Å². The van der Waals surface area contributed by atoms with E-state index in [1.165, 1.54) is 12.1 Å². The maximum absolute atomic E-state index is 13.1. The molecule has 0 atom stereocenters. The number of rotatable bonds is 4. The van der Waals surface area contributed by atoms with Crippen LogP contribution in [0.1, 0.15) is 12.7 Å². The van der Waals surface area contributed by atoms with Gasteiger partial charge in [-0.2, -0.15) is 0 Å². The Morgan fingerprint density at radius 2 is 2.28 bits per heavy atom. The van der Waals surface area contributed by atoms with Crippen LogP contribution in [-0.4, -0.2) is 9.55 Å². The molecule has 0 fully saturated rings. The van der Waals surface area contributed by atoms with Crippen molar-refractivity contribution in [3.8, 4) is 0 Å². The Morgan fingerprint density at radius 1 is 1.50 bits per heavy atom. The number of imidazole rings is 1. The molecule has 0 aliphatic rings. The Labute approximate surface area is 118 Å². The molecule has 2 aromatic rings. The number of aromatic nitrogens is 2. The van der Waals surface area contributed by atoms with Gasteiger partial charge in [0.1, 0.15) is 11.6 Å². The first kappa shape index (κ1) is 13.4. The Hall–Kier alpha value is -1.07. The molecule has 0 spiro atoms. The lowest BCUT2D eigenvalue weighted by Crippen LogP contribution is -2.08. The molecule has 0 saturated heterocycles. The van der Waals surface area contributed by atoms with Crippen molar-refractivity contribution >= 4 is 33.2 Å². The second kappa shape index (κ2) is 5.71. The van der Waals surface area contributed by atoms with E-state index >= 15 is 0 Å². The number of hydrogen-bond donors (Lipinski definition) is 1. The number of anilines is 1. The minimum Gasteiger partial charge on any atom is -0.376 e. The number of hydrogen-bond acceptors (Lipinski definition) is 2. The van der Waals surface area contributed by atoms with Gasteiger partial charge in [-0.15, -0.1) is 0 Å². The molecule has 1 heterocycles. The molecule has 18 heavy (non-hydrogen) atoms. The molecule has 0 aliphatic heterocycles. The molecule has 0 saturated carbocycles. The summed E-state index contributed by atoms with van der Waals surface area (Å²) in [5.74, 6) is 0.539. The third-order valence-corrected chi connectivity index (χ3v) is 3.50. The van der Waals surface area contributed by atoms with Crippen molar-refractivity contribution in [1.29, 1.82) is 0 Å². The van der Waals surface area contributed by atoms with Crippen LogP contribution in [0.25, 0.3) is 0 Å². The molecule has 0 bridgehead atoms. The highest BCUT2D eigenvalue weighted by Gasteiger charge is 2.09. The number of aryl methyl sites for hydroxylation is 1. The lowest BCUT2D eigenvalue weighted by atomic mass is 10.3. The topological polar surface area (TPSA) is 29.9 Å². The molecule has 1 aromatic carbocycles. The van der Waals surface area contributed by atoms with Crippen molar-refractivity contribution in [2.24, 2.45) is 0 Å². The van der Waals surface area contributed by atoms with E-state index < -0.39 is 0 Å². The number of nitrogens with zero attached hydrogens (tertiary/aromatic N) is 2. The Kier molecular flexibility index (Phi) is 4.24. The molecule has 0 unspecified atom stereocenters. The zero-order valence-electron chi connectivity index (χ0n) is 9.75. The summed E-state index contributed by atoms with van der Waals surface area (Å²) in [6.45, 7) is 3.44. The summed E-state index contributed by atoms with van der Waals surface area (Å²) in [6.07, 6.45) is 3.67. The van der Waals surface area contributed by atoms with Gasteiger partial charge < -0.3 is 9.88 Å². The van der Waals surface area contributed by atoms with Crippen LogP contribution >= 0.6 is 27.5 Å². The van der Waals surface area contributed by atoms with Crippen LogP contribution in [-0.2, 0) is 13.1 Å². The van der Waals surface area contributed by atoms with E-state index in [-0.39, 0.29) is 5.82 Å². The molecular formula is C12H12BrClFN3. The molecule has 3 nitrogen and oxygen atoms in total. The molecule has 96 valence electrons. The summed E-state index contributed by atoms with van der Waals surface area (Å²) in [4.78, 5) is 4.25. The van der Waals surface area contributed by atoms with Gasteiger partial charge in [0.2, 0.25) is 0 Å². The van der Waals surface area contributed by atoms with E-state index in [4.69, 9.17) is 11.6 Å². The fraction of sp³-hybridized carbons (Fsp3) is 0.250. The van der Waals surface area contributed by atoms with Crippen LogP contribution in [0.2, 0.25) is 5.02 Å². The molecule has 1 N–H and O–H groups in total. The van der Waals surface area contributed by atoms with Crippen molar-refractivity contribution in [3.63, 3.8) is 0 Å². The van der Waals surface area contributed by atoms with Crippen LogP contribution < -0.4 is 5.32 Å². The summed E-state index contributed by atoms with van der Waals surface area (Å²) in [5.41, 5.74) is 0.670. The fourth-order valence-electron chi connectivity index (χ4n) is 1.67. The first-order valence-electron chi connectivity index (χ1n) is 5.50. The van der Waals surface area contributed by atoms with Gasteiger partial charge in [0, 0.05) is 23.4 Å². The maximum Gasteiger partial charge on any atom is 0.128 e. The second-order valence-corrected chi connectivity index (χ2v) is 4.99. The van der Waals surface area contributed by atoms with Gasteiger partial charge in [-0.3, -0.25) is 0 Å². The Bertz CT molecular complexity index is 533. The predicted octanol–water partition coefficient (Wildman–Crippen LogP) is 4.07. The number of benzene rings is 1. The standard InChI is InChI=1S/C12H12BrClFN3/c1-2-18-4-3-16-11(18)7-17-12-9(13)5-8(15)6-10(12)14/h3-6,17H,2,7H2,1H3. The van der Waals surface area contributed by atoms with Gasteiger partial charge in [0.05, 0.1) is 17.3 Å². The normalized spacial score (nSPS) is 10.7. The lowest BCUT2D eigenvalue weighted by Gasteiger charge is -2.11. The van der Waals surface area contributed by atoms with Crippen molar-refractivity contribution in [3.05, 3.63) is 45.7 Å². The second-order valence-electron chi connectivity index (χ2n) is 3.73. The third kappa shape index (κ3) is 2.84. The van der Waals surface area contributed by atoms with Crippen molar-refractivity contribution in [1.82, 2.24) is 9.55 Å². The monoisotopic (exact) mass is 331 g/mol. The lowest BCUT2D eigenvalue weighted by molar-refractivity contribution is 0.627. The van der Waals surface area contributed by atoms with E-state index in [2.05, 4.69) is 26.2 Å². The fourth-order valence-corrected chi connectivity index (χ4v) is 2.63. The molecule has 1 aromatic heterocycles. The first-order valence-corrected chi connectivity index (χ1v) is 6.67. The highest BCUT2D eigenvalue weighted by atomic mass is 79.9. The maximum atomic E-state index is 13.1. The third-order valence-electron chi connectivity index (χ3n) is 2.57. The smallest absolute Gasteiger partial charge is 0.128 e. The van der Waals surface area contributed by atoms with Gasteiger partial charge in [0.25, 0.3) is 0 Å². The molecule has 0 radical (unpaired) electrons. The molecule has 0 amide bonds. The van der Waals surface area contributed by atoms with E-state index in [0.29, 0.717) is 21.7 Å². The van der Waals surface area contributed by atoms with Crippen LogP contribution in [0.15, 0.2) is 29.0 Å². The van der Waals surface area contributed by atoms with Gasteiger partial charge in [-0.05, 0) is 35.0 Å². The van der Waals surface area contributed by atoms with Gasteiger partial charge in [-0.1, -0.05) is 11.6 Å². The molecular weight excluding hydrogens is 321 g/mol. The quantitative estimate of drug-likeness (QED) is 0.914. The number of halogens is 3. The van der Waals surface area contributed by atoms with Gasteiger partial charge in [-0.25, -0.2) is 9.37 Å². The highest BCUT2D eigenvalue weighted by molar-refractivity contribution is 9.10. The average Bonchev–Trinajstić information content (AvgIpc) is 2.75. The zero-order chi connectivity index (χ0) is 13.1. The van der Waals surface area contributed by atoms with E-state index in [0.717, 1.165) is 12.4 Å². The zero-order valence-corrected chi connectivity index (χ0v) is 12.1. The average molecular weight is 333 g/mol. The van der Waals surface area contributed by atoms with E-state index in [1.54, 1.807) is 6.20 Å². The summed E-state index contributed by atoms with van der Waals surface area (Å²) >= 11 is 9.27. The molecule has 6 heteroatoms. The van der Waals surface area contributed by atoms with E-state index in [1.807, 2.05) is 17.7 Å². The summed E-state index contributed by atoms with van der Waals surface area (Å²) < 4.78 is 15.7. The van der Waals surface area contributed by atoms with E-state index in [9.17, 15) is 4.39 Å². The Morgan fingerprint density at radius 3 is 2.94 bits per heavy atom. The molecule has 0 aliphatic carbocycles. The first-order chi connectivity index (χ1) is 8.61. The van der Waals surface area contributed by atoms with Crippen molar-refractivity contribution in [2.45, 2.75) is 20.0 Å². The SMILES string of the molecule is CCn1ccnc1CNc1c(Cl)cc(F)cc1Br. The van der Waals surface area contributed by atoms with Crippen LogP contribution in [0, 0.1) is 5.82 Å². The summed E-state index contributed by atoms with van der Waals surface area (Å²) in [7, 11) is 0. The predicted molar refractivity (Wildman–Crippen MR) is 74.3 cm³/mol. The summed E-state index contributed by atoms with van der Waals surface area (Å²) in [5, 5.41) is 3.50. The minimum absolute atomic E-state index is 0.344. The van der Waals surface area contributed by atoms with Gasteiger partial charge >= 0.3 is 0 Å². The Balaban J connectivity index is 2.16. The van der Waals surface area contributed by atoms with Crippen LogP contribution in [0.3, 0.4) is 0 Å². The minimum atomic E-state index is -0.368. The number of nitrogens with one attached hydrogen (secondary N) is 1. The van der Waals surface area contributed by atoms with Crippen molar-refractivity contribution < 1.29 is 4.39 Å². The van der Waals surface area contributed by atoms with Crippen LogP contribution in [0.5, 0.6) is 0 Å². The largest absolute Gasteiger partial charge is 0.376 e. The summed E-state index contributed by atoms with van der Waals surface area (Å²) in [6, 6.07) is 2.65. The highest BCUT2D eigenvalue weighted by Crippen LogP contribution is 2.31. The van der Waals surface area contributed by atoms with Crippen LogP contribution in [0.4, 0.5) is 10.1 Å². The van der Waals surface area contributed by atoms with Crippen molar-refractivity contribution in [2.75, 3.05) is 5.32 Å².